The van der Waals surface area contributed by atoms with E-state index in [1.807, 2.05) is 0 Å². The van der Waals surface area contributed by atoms with E-state index in [1.165, 1.54) is 29.7 Å². The van der Waals surface area contributed by atoms with Gasteiger partial charge < -0.3 is 10.2 Å². The van der Waals surface area contributed by atoms with Gasteiger partial charge in [-0.25, -0.2) is 8.78 Å². The fourth-order valence-corrected chi connectivity index (χ4v) is 4.30. The molecule has 0 spiro atoms. The summed E-state index contributed by atoms with van der Waals surface area (Å²) in [5, 5.41) is 5.16. The van der Waals surface area contributed by atoms with Gasteiger partial charge >= 0.3 is 7.60 Å². The monoisotopic (exact) mass is 457 g/mol. The number of benzene rings is 2. The van der Waals surface area contributed by atoms with E-state index in [-0.39, 0.29) is 0 Å². The largest absolute Gasteiger partial charge is 0.330 e. The first-order valence-electron chi connectivity index (χ1n) is 8.21. The molecule has 152 valence electrons. The maximum Gasteiger partial charge on any atom is 0.326 e. The molecule has 0 radical (unpaired) electrons. The minimum atomic E-state index is -4.01. The molecule has 0 aliphatic rings. The first kappa shape index (κ1) is 21.6. The number of amides is 1. The zero-order chi connectivity index (χ0) is 21.2. The molecule has 2 aromatic carbocycles. The van der Waals surface area contributed by atoms with Crippen LogP contribution < -0.4 is 5.32 Å². The van der Waals surface area contributed by atoms with Gasteiger partial charge in [-0.15, -0.1) is 11.3 Å². The molecule has 2 atom stereocenters. The fraction of sp³-hybridized carbons (Fsp3) is 0.105. The molecule has 1 aromatic heterocycles. The molecule has 3 rings (SSSR count). The highest BCUT2D eigenvalue weighted by Gasteiger charge is 2.29. The summed E-state index contributed by atoms with van der Waals surface area (Å²) in [5.74, 6) is -2.71. The molecule has 2 N–H and O–H groups in total. The predicted molar refractivity (Wildman–Crippen MR) is 110 cm³/mol. The van der Waals surface area contributed by atoms with Crippen molar-refractivity contribution in [2.45, 2.75) is 6.10 Å². The van der Waals surface area contributed by atoms with Crippen LogP contribution in [0.4, 0.5) is 8.78 Å². The van der Waals surface area contributed by atoms with Crippen LogP contribution >= 0.6 is 30.5 Å². The molecule has 1 amide bonds. The molecule has 0 aliphatic heterocycles. The van der Waals surface area contributed by atoms with Crippen LogP contribution in [-0.4, -0.2) is 17.5 Å². The lowest BCUT2D eigenvalue weighted by Crippen LogP contribution is -2.26. The minimum Gasteiger partial charge on any atom is -0.330 e. The molecular weight excluding hydrogens is 443 g/mol. The van der Waals surface area contributed by atoms with Gasteiger partial charge in [0.2, 0.25) is 0 Å². The molecule has 10 heteroatoms. The summed E-state index contributed by atoms with van der Waals surface area (Å²) in [7, 11) is -4.01. The van der Waals surface area contributed by atoms with E-state index in [1.54, 1.807) is 23.6 Å². The van der Waals surface area contributed by atoms with Gasteiger partial charge in [0.25, 0.3) is 5.91 Å². The first-order valence-corrected chi connectivity index (χ1v) is 11.5. The minimum absolute atomic E-state index is 0.317. The van der Waals surface area contributed by atoms with Crippen LogP contribution in [-0.2, 0) is 13.9 Å². The number of fused-ring (bicyclic) bond motifs is 1. The molecule has 1 heterocycles. The summed E-state index contributed by atoms with van der Waals surface area (Å²) >= 11 is 7.36. The predicted octanol–water partition coefficient (Wildman–Crippen LogP) is 5.49. The van der Waals surface area contributed by atoms with Crippen molar-refractivity contribution in [2.24, 2.45) is 0 Å². The Kier molecular flexibility index (Phi) is 6.51. The number of rotatable bonds is 6. The Labute approximate surface area is 174 Å². The average Bonchev–Trinajstić information content (AvgIpc) is 3.04. The van der Waals surface area contributed by atoms with Crippen molar-refractivity contribution >= 4 is 52.6 Å². The van der Waals surface area contributed by atoms with Gasteiger partial charge in [-0.3, -0.25) is 13.9 Å². The van der Waals surface area contributed by atoms with E-state index < -0.39 is 31.2 Å². The molecule has 2 unspecified atom stereocenters. The van der Waals surface area contributed by atoms with Gasteiger partial charge in [0.05, 0.1) is 0 Å². The smallest absolute Gasteiger partial charge is 0.326 e. The topological polar surface area (TPSA) is 75.6 Å². The number of hydrogen-bond donors (Lipinski definition) is 2. The third-order valence-corrected chi connectivity index (χ3v) is 5.65. The quantitative estimate of drug-likeness (QED) is 0.480. The van der Waals surface area contributed by atoms with Crippen molar-refractivity contribution in [1.82, 2.24) is 5.32 Å². The Hall–Kier alpha value is -2.09. The number of carbonyl (C=O) groups is 1. The summed E-state index contributed by atoms with van der Waals surface area (Å²) in [4.78, 5) is 22.3. The Morgan fingerprint density at radius 2 is 2.03 bits per heavy atom. The zero-order valence-electron chi connectivity index (χ0n) is 14.9. The molecule has 5 nitrogen and oxygen atoms in total. The zero-order valence-corrected chi connectivity index (χ0v) is 17.4. The van der Waals surface area contributed by atoms with Crippen molar-refractivity contribution in [3.8, 4) is 0 Å². The summed E-state index contributed by atoms with van der Waals surface area (Å²) in [5.41, 5.74) is 0.708. The van der Waals surface area contributed by atoms with Gasteiger partial charge in [-0.1, -0.05) is 17.7 Å². The van der Waals surface area contributed by atoms with Gasteiger partial charge in [0, 0.05) is 33.5 Å². The maximum absolute atomic E-state index is 13.3. The Bertz CT molecular complexity index is 1140. The van der Waals surface area contributed by atoms with E-state index in [2.05, 4.69) is 5.32 Å². The first-order chi connectivity index (χ1) is 13.6. The molecule has 0 aliphatic carbocycles. The standard InChI is InChI=1S/C19H15ClF2NO4PS/c1-28(25,26)27-18(14-10-29-17-5-3-12(20)9-13(14)17)19(24)23-7-6-11-2-4-15(21)16(22)8-11/h2-10,18H,1H3,(H,23,24)(H,25,26). The molecule has 0 fully saturated rings. The highest BCUT2D eigenvalue weighted by Crippen LogP contribution is 2.45. The van der Waals surface area contributed by atoms with E-state index >= 15 is 0 Å². The molecule has 0 saturated carbocycles. The van der Waals surface area contributed by atoms with Gasteiger partial charge in [-0.05, 0) is 47.4 Å². The van der Waals surface area contributed by atoms with E-state index in [9.17, 15) is 23.0 Å². The van der Waals surface area contributed by atoms with Crippen LogP contribution in [0.2, 0.25) is 5.02 Å². The molecular formula is C19H15ClF2NO4PS. The summed E-state index contributed by atoms with van der Waals surface area (Å²) < 4.78 is 44.0. The Morgan fingerprint density at radius 1 is 1.28 bits per heavy atom. The van der Waals surface area contributed by atoms with Crippen LogP contribution in [0.1, 0.15) is 17.2 Å². The van der Waals surface area contributed by atoms with Crippen molar-refractivity contribution in [3.05, 3.63) is 75.8 Å². The SMILES string of the molecule is CP(=O)(O)OC(C(=O)NC=Cc1ccc(F)c(F)c1)c1csc2ccc(Cl)cc12. The highest BCUT2D eigenvalue weighted by molar-refractivity contribution is 7.51. The highest BCUT2D eigenvalue weighted by atomic mass is 35.5. The maximum atomic E-state index is 13.3. The van der Waals surface area contributed by atoms with Crippen molar-refractivity contribution in [3.63, 3.8) is 0 Å². The van der Waals surface area contributed by atoms with Crippen LogP contribution in [0.25, 0.3) is 16.2 Å². The number of thiophene rings is 1. The third-order valence-electron chi connectivity index (χ3n) is 3.83. The van der Waals surface area contributed by atoms with Crippen LogP contribution in [0.5, 0.6) is 0 Å². The average molecular weight is 458 g/mol. The second kappa shape index (κ2) is 8.73. The second-order valence-electron chi connectivity index (χ2n) is 6.14. The lowest BCUT2D eigenvalue weighted by Gasteiger charge is -2.18. The summed E-state index contributed by atoms with van der Waals surface area (Å²) in [6.45, 7) is 0.978. The summed E-state index contributed by atoms with van der Waals surface area (Å²) in [6.07, 6.45) is 1.19. The Morgan fingerprint density at radius 3 is 2.72 bits per heavy atom. The third kappa shape index (κ3) is 5.50. The van der Waals surface area contributed by atoms with Gasteiger partial charge in [0.1, 0.15) is 0 Å². The van der Waals surface area contributed by atoms with Crippen LogP contribution in [0.3, 0.4) is 0 Å². The second-order valence-corrected chi connectivity index (χ2v) is 9.30. The fourth-order valence-electron chi connectivity index (χ4n) is 2.58. The van der Waals surface area contributed by atoms with Crippen molar-refractivity contribution < 1.29 is 27.6 Å². The van der Waals surface area contributed by atoms with E-state index in [4.69, 9.17) is 16.1 Å². The lowest BCUT2D eigenvalue weighted by atomic mass is 10.1. The summed E-state index contributed by atoms with van der Waals surface area (Å²) in [6, 6.07) is 8.37. The van der Waals surface area contributed by atoms with Crippen LogP contribution in [0, 0.1) is 11.6 Å². The van der Waals surface area contributed by atoms with Crippen molar-refractivity contribution in [2.75, 3.05) is 6.66 Å². The van der Waals surface area contributed by atoms with E-state index in [0.717, 1.165) is 23.5 Å². The van der Waals surface area contributed by atoms with E-state index in [0.29, 0.717) is 21.5 Å². The number of halogens is 3. The Balaban J connectivity index is 1.87. The normalized spacial score (nSPS) is 14.8. The lowest BCUT2D eigenvalue weighted by molar-refractivity contribution is -0.127. The van der Waals surface area contributed by atoms with Gasteiger partial charge in [0.15, 0.2) is 17.7 Å². The van der Waals surface area contributed by atoms with Gasteiger partial charge in [-0.2, -0.15) is 0 Å². The van der Waals surface area contributed by atoms with Crippen molar-refractivity contribution in [1.29, 1.82) is 0 Å². The number of hydrogen-bond acceptors (Lipinski definition) is 4. The molecule has 29 heavy (non-hydrogen) atoms. The number of nitrogens with one attached hydrogen (secondary N) is 1. The molecule has 0 bridgehead atoms. The number of carbonyl (C=O) groups excluding carboxylic acids is 1. The molecule has 3 aromatic rings. The molecule has 0 saturated heterocycles. The van der Waals surface area contributed by atoms with Crippen LogP contribution in [0.15, 0.2) is 48.0 Å².